The highest BCUT2D eigenvalue weighted by Gasteiger charge is 2.41. The molecule has 2 aromatic rings. The van der Waals surface area contributed by atoms with Gasteiger partial charge in [-0.05, 0) is 71.6 Å². The first-order valence-electron chi connectivity index (χ1n) is 14.2. The van der Waals surface area contributed by atoms with E-state index in [0.29, 0.717) is 31.6 Å². The van der Waals surface area contributed by atoms with E-state index < -0.39 is 5.54 Å². The van der Waals surface area contributed by atoms with Crippen LogP contribution in [0.1, 0.15) is 115 Å². The molecule has 1 aliphatic carbocycles. The van der Waals surface area contributed by atoms with E-state index in [1.807, 2.05) is 43.5 Å². The maximum atomic E-state index is 13.9. The molecular formula is C32H48N2O3S. The van der Waals surface area contributed by atoms with Gasteiger partial charge >= 0.3 is 0 Å². The summed E-state index contributed by atoms with van der Waals surface area (Å²) in [5, 5.41) is 16.4. The van der Waals surface area contributed by atoms with E-state index in [9.17, 15) is 14.7 Å². The summed E-state index contributed by atoms with van der Waals surface area (Å²) >= 11 is 1.61. The van der Waals surface area contributed by atoms with Gasteiger partial charge in [-0.2, -0.15) is 0 Å². The molecule has 1 aliphatic rings. The molecule has 0 bridgehead atoms. The molecule has 1 atom stereocenters. The minimum absolute atomic E-state index is 0.0213. The summed E-state index contributed by atoms with van der Waals surface area (Å²) in [6, 6.07) is 8.32. The Balaban J connectivity index is 1.90. The molecule has 2 N–H and O–H groups in total. The minimum atomic E-state index is -0.925. The number of rotatable bonds is 9. The molecule has 210 valence electrons. The summed E-state index contributed by atoms with van der Waals surface area (Å²) < 4.78 is 0. The topological polar surface area (TPSA) is 69.6 Å². The lowest BCUT2D eigenvalue weighted by Crippen LogP contribution is -2.59. The zero-order chi connectivity index (χ0) is 28.3. The Morgan fingerprint density at radius 1 is 1.03 bits per heavy atom. The summed E-state index contributed by atoms with van der Waals surface area (Å²) in [4.78, 5) is 30.4. The summed E-state index contributed by atoms with van der Waals surface area (Å²) in [5.41, 5.74) is 1.46. The third-order valence-electron chi connectivity index (χ3n) is 8.07. The quantitative estimate of drug-likeness (QED) is 0.352. The van der Waals surface area contributed by atoms with Gasteiger partial charge in [-0.3, -0.25) is 9.59 Å². The summed E-state index contributed by atoms with van der Waals surface area (Å²) in [6.07, 6.45) is 5.71. The van der Waals surface area contributed by atoms with E-state index in [4.69, 9.17) is 0 Å². The molecule has 3 rings (SSSR count). The van der Waals surface area contributed by atoms with Gasteiger partial charge in [0, 0.05) is 17.3 Å². The maximum Gasteiger partial charge on any atom is 0.245 e. The molecule has 0 spiro atoms. The molecular weight excluding hydrogens is 492 g/mol. The van der Waals surface area contributed by atoms with Crippen LogP contribution in [0.15, 0.2) is 29.6 Å². The SMILES string of the molecule is CC[C@@](C)(C(=O)NC1CCCC1)N(Cc1cccs1)C(=O)CCc1cc(C(C)(C)C)c(O)c(C(C)(C)C)c1. The summed E-state index contributed by atoms with van der Waals surface area (Å²) in [5.74, 6) is 0.278. The number of hydrogen-bond donors (Lipinski definition) is 2. The molecule has 1 fully saturated rings. The predicted octanol–water partition coefficient (Wildman–Crippen LogP) is 7.24. The van der Waals surface area contributed by atoms with Crippen LogP contribution in [0.25, 0.3) is 0 Å². The summed E-state index contributed by atoms with van der Waals surface area (Å²) in [7, 11) is 0. The Morgan fingerprint density at radius 3 is 2.08 bits per heavy atom. The van der Waals surface area contributed by atoms with Gasteiger partial charge in [0.15, 0.2) is 0 Å². The Bertz CT molecular complexity index is 1070. The van der Waals surface area contributed by atoms with Crippen molar-refractivity contribution in [1.82, 2.24) is 10.2 Å². The average molecular weight is 541 g/mol. The number of hydrogen-bond acceptors (Lipinski definition) is 4. The molecule has 0 aliphatic heterocycles. The molecule has 1 aromatic heterocycles. The normalized spacial score (nSPS) is 16.3. The maximum absolute atomic E-state index is 13.9. The van der Waals surface area contributed by atoms with Gasteiger partial charge in [-0.15, -0.1) is 11.3 Å². The van der Waals surface area contributed by atoms with Crippen LogP contribution in [-0.2, 0) is 33.4 Å². The van der Waals surface area contributed by atoms with Crippen molar-refractivity contribution in [1.29, 1.82) is 0 Å². The van der Waals surface area contributed by atoms with Crippen LogP contribution in [0.4, 0.5) is 0 Å². The number of aromatic hydroxyl groups is 1. The molecule has 2 amide bonds. The van der Waals surface area contributed by atoms with E-state index >= 15 is 0 Å². The first-order valence-corrected chi connectivity index (χ1v) is 15.1. The third kappa shape index (κ3) is 6.99. The number of thiophene rings is 1. The van der Waals surface area contributed by atoms with Gasteiger partial charge < -0.3 is 15.3 Å². The number of amides is 2. The third-order valence-corrected chi connectivity index (χ3v) is 8.93. The number of nitrogens with zero attached hydrogens (tertiary/aromatic N) is 1. The molecule has 1 saturated carbocycles. The van der Waals surface area contributed by atoms with Gasteiger partial charge in [0.1, 0.15) is 11.3 Å². The second kappa shape index (κ2) is 11.8. The number of benzene rings is 1. The minimum Gasteiger partial charge on any atom is -0.507 e. The Hall–Kier alpha value is -2.34. The van der Waals surface area contributed by atoms with Crippen molar-refractivity contribution in [2.75, 3.05) is 0 Å². The van der Waals surface area contributed by atoms with Crippen molar-refractivity contribution < 1.29 is 14.7 Å². The predicted molar refractivity (Wildman–Crippen MR) is 158 cm³/mol. The number of carbonyl (C=O) groups excluding carboxylic acids is 2. The highest BCUT2D eigenvalue weighted by atomic mass is 32.1. The van der Waals surface area contributed by atoms with Gasteiger partial charge in [0.05, 0.1) is 6.54 Å². The highest BCUT2D eigenvalue weighted by Crippen LogP contribution is 2.40. The van der Waals surface area contributed by atoms with Crippen LogP contribution in [0.2, 0.25) is 0 Å². The van der Waals surface area contributed by atoms with Crippen molar-refractivity contribution in [3.05, 3.63) is 51.2 Å². The van der Waals surface area contributed by atoms with E-state index in [0.717, 1.165) is 47.3 Å². The van der Waals surface area contributed by atoms with Crippen molar-refractivity contribution >= 4 is 23.2 Å². The first kappa shape index (κ1) is 30.2. The molecule has 1 heterocycles. The Labute approximate surface area is 234 Å². The van der Waals surface area contributed by atoms with Crippen molar-refractivity contribution in [2.45, 2.75) is 129 Å². The molecule has 38 heavy (non-hydrogen) atoms. The zero-order valence-corrected chi connectivity index (χ0v) is 25.6. The van der Waals surface area contributed by atoms with E-state index in [1.54, 1.807) is 16.2 Å². The van der Waals surface area contributed by atoms with Crippen LogP contribution in [0, 0.1) is 0 Å². The lowest BCUT2D eigenvalue weighted by molar-refractivity contribution is -0.148. The number of phenols is 1. The van der Waals surface area contributed by atoms with E-state index in [1.165, 1.54) is 0 Å². The molecule has 6 heteroatoms. The molecule has 0 unspecified atom stereocenters. The second-order valence-corrected chi connectivity index (χ2v) is 14.2. The smallest absolute Gasteiger partial charge is 0.245 e. The van der Waals surface area contributed by atoms with Gasteiger partial charge in [0.25, 0.3) is 0 Å². The second-order valence-electron chi connectivity index (χ2n) is 13.2. The lowest BCUT2D eigenvalue weighted by Gasteiger charge is -2.40. The first-order chi connectivity index (χ1) is 17.7. The fourth-order valence-electron chi connectivity index (χ4n) is 5.35. The van der Waals surface area contributed by atoms with Crippen LogP contribution in [0.3, 0.4) is 0 Å². The van der Waals surface area contributed by atoms with Crippen molar-refractivity contribution in [3.63, 3.8) is 0 Å². The Morgan fingerprint density at radius 2 is 1.61 bits per heavy atom. The van der Waals surface area contributed by atoms with Crippen molar-refractivity contribution in [3.8, 4) is 5.75 Å². The van der Waals surface area contributed by atoms with Crippen molar-refractivity contribution in [2.24, 2.45) is 0 Å². The van der Waals surface area contributed by atoms with E-state index in [-0.39, 0.29) is 28.7 Å². The molecule has 1 aromatic carbocycles. The average Bonchev–Trinajstić information content (AvgIpc) is 3.54. The highest BCUT2D eigenvalue weighted by molar-refractivity contribution is 7.09. The number of phenolic OH excluding ortho intramolecular Hbond substituents is 1. The zero-order valence-electron chi connectivity index (χ0n) is 24.7. The lowest BCUT2D eigenvalue weighted by atomic mass is 9.78. The van der Waals surface area contributed by atoms with Crippen LogP contribution >= 0.6 is 11.3 Å². The molecule has 0 radical (unpaired) electrons. The largest absolute Gasteiger partial charge is 0.507 e. The van der Waals surface area contributed by atoms with Gasteiger partial charge in [0.2, 0.25) is 11.8 Å². The van der Waals surface area contributed by atoms with Gasteiger partial charge in [-0.25, -0.2) is 0 Å². The summed E-state index contributed by atoms with van der Waals surface area (Å²) in [6.45, 7) is 16.9. The fourth-order valence-corrected chi connectivity index (χ4v) is 6.04. The molecule has 0 saturated heterocycles. The van der Waals surface area contributed by atoms with E-state index in [2.05, 4.69) is 46.9 Å². The van der Waals surface area contributed by atoms with Gasteiger partial charge in [-0.1, -0.05) is 79.5 Å². The van der Waals surface area contributed by atoms with Crippen LogP contribution in [0.5, 0.6) is 5.75 Å². The Kier molecular flexibility index (Phi) is 9.39. The number of aryl methyl sites for hydroxylation is 1. The number of nitrogens with one attached hydrogen (secondary N) is 1. The van der Waals surface area contributed by atoms with Crippen LogP contribution in [-0.4, -0.2) is 33.4 Å². The fraction of sp³-hybridized carbons (Fsp3) is 0.625. The van der Waals surface area contributed by atoms with Crippen LogP contribution < -0.4 is 5.32 Å². The molecule has 5 nitrogen and oxygen atoms in total. The monoisotopic (exact) mass is 540 g/mol. The standard InChI is InChI=1S/C32H48N2O3S/c1-9-32(8,29(37)33-23-13-10-11-14-23)34(21-24-15-12-18-38-24)27(35)17-16-22-19-25(30(2,3)4)28(36)26(20-22)31(5,6)7/h12,15,18-20,23,36H,9-11,13-14,16-17,21H2,1-8H3,(H,33,37)/t32-/m0/s1. The number of carbonyl (C=O) groups is 2.